The summed E-state index contributed by atoms with van der Waals surface area (Å²) in [5.74, 6) is 0.609. The van der Waals surface area contributed by atoms with Crippen LogP contribution in [0.15, 0.2) is 61.2 Å². The molecule has 2 unspecified atom stereocenters. The van der Waals surface area contributed by atoms with Gasteiger partial charge in [0.25, 0.3) is 0 Å². The van der Waals surface area contributed by atoms with E-state index in [2.05, 4.69) is 50.5 Å². The second kappa shape index (κ2) is 7.06. The van der Waals surface area contributed by atoms with E-state index < -0.39 is 0 Å². The molecule has 0 spiro atoms. The molecule has 5 nitrogen and oxygen atoms in total. The molecule has 0 radical (unpaired) electrons. The Hall–Kier alpha value is -3.23. The smallest absolute Gasteiger partial charge is 0.115 e. The van der Waals surface area contributed by atoms with Crippen molar-refractivity contribution >= 4 is 5.69 Å². The van der Waals surface area contributed by atoms with E-state index in [-0.39, 0.29) is 0 Å². The zero-order chi connectivity index (χ0) is 18.9. The van der Waals surface area contributed by atoms with Crippen molar-refractivity contribution in [1.82, 2.24) is 14.9 Å². The van der Waals surface area contributed by atoms with Crippen molar-refractivity contribution in [3.63, 3.8) is 0 Å². The fraction of sp³-hybridized carbons (Fsp3) is 0.261. The molecule has 2 atom stereocenters. The lowest BCUT2D eigenvalue weighted by molar-refractivity contribution is 0.220. The summed E-state index contributed by atoms with van der Waals surface area (Å²) in [4.78, 5) is 10.9. The Morgan fingerprint density at radius 2 is 1.96 bits per heavy atom. The molecule has 5 heteroatoms. The third-order valence-corrected chi connectivity index (χ3v) is 5.88. The van der Waals surface area contributed by atoms with Crippen LogP contribution < -0.4 is 5.32 Å². The third kappa shape index (κ3) is 3.02. The van der Waals surface area contributed by atoms with Crippen LogP contribution in [-0.2, 0) is 6.54 Å². The van der Waals surface area contributed by atoms with Gasteiger partial charge in [-0.25, -0.2) is 9.97 Å². The van der Waals surface area contributed by atoms with E-state index >= 15 is 0 Å². The van der Waals surface area contributed by atoms with Gasteiger partial charge in [0, 0.05) is 42.8 Å². The maximum atomic E-state index is 9.22. The van der Waals surface area contributed by atoms with Crippen LogP contribution in [0.5, 0.6) is 0 Å². The Labute approximate surface area is 164 Å². The predicted molar refractivity (Wildman–Crippen MR) is 108 cm³/mol. The van der Waals surface area contributed by atoms with E-state index in [4.69, 9.17) is 0 Å². The first-order valence-electron chi connectivity index (χ1n) is 9.68. The van der Waals surface area contributed by atoms with Gasteiger partial charge in [0.1, 0.15) is 6.33 Å². The topological polar surface area (TPSA) is 64.8 Å². The van der Waals surface area contributed by atoms with Crippen molar-refractivity contribution in [2.45, 2.75) is 19.0 Å². The second-order valence-electron chi connectivity index (χ2n) is 7.59. The van der Waals surface area contributed by atoms with Crippen LogP contribution in [0.25, 0.3) is 11.1 Å². The number of anilines is 1. The second-order valence-corrected chi connectivity index (χ2v) is 7.59. The van der Waals surface area contributed by atoms with Crippen LogP contribution in [0.2, 0.25) is 0 Å². The molecule has 2 aliphatic heterocycles. The first kappa shape index (κ1) is 16.9. The molecule has 1 N–H and O–H groups in total. The van der Waals surface area contributed by atoms with Gasteiger partial charge in [0.05, 0.1) is 11.6 Å². The van der Waals surface area contributed by atoms with Gasteiger partial charge in [-0.3, -0.25) is 4.90 Å². The summed E-state index contributed by atoms with van der Waals surface area (Å²) in [6.07, 6.45) is 6.59. The maximum absolute atomic E-state index is 9.22. The van der Waals surface area contributed by atoms with Crippen molar-refractivity contribution in [3.05, 3.63) is 77.9 Å². The van der Waals surface area contributed by atoms with Gasteiger partial charge < -0.3 is 5.32 Å². The Morgan fingerprint density at radius 1 is 1.11 bits per heavy atom. The fourth-order valence-electron chi connectivity index (χ4n) is 4.57. The average Bonchev–Trinajstić information content (AvgIpc) is 3.17. The first-order valence-corrected chi connectivity index (χ1v) is 9.68. The molecule has 2 aliphatic rings. The van der Waals surface area contributed by atoms with Crippen molar-refractivity contribution in [2.75, 3.05) is 18.4 Å². The Balaban J connectivity index is 1.51. The van der Waals surface area contributed by atoms with E-state index in [9.17, 15) is 5.26 Å². The molecule has 3 aromatic rings. The lowest BCUT2D eigenvalue weighted by Crippen LogP contribution is -2.32. The van der Waals surface area contributed by atoms with Crippen molar-refractivity contribution in [1.29, 1.82) is 5.26 Å². The van der Waals surface area contributed by atoms with Gasteiger partial charge in [-0.1, -0.05) is 18.2 Å². The predicted octanol–water partition coefficient (Wildman–Crippen LogP) is 4.00. The Bertz CT molecular complexity index is 1040. The van der Waals surface area contributed by atoms with Crippen molar-refractivity contribution < 1.29 is 0 Å². The molecule has 0 saturated carbocycles. The zero-order valence-electron chi connectivity index (χ0n) is 15.5. The highest BCUT2D eigenvalue weighted by molar-refractivity contribution is 5.71. The number of nitriles is 1. The van der Waals surface area contributed by atoms with Gasteiger partial charge in [-0.05, 0) is 59.8 Å². The first-order chi connectivity index (χ1) is 13.8. The van der Waals surface area contributed by atoms with Gasteiger partial charge in [0.15, 0.2) is 0 Å². The van der Waals surface area contributed by atoms with Crippen LogP contribution in [0.4, 0.5) is 5.69 Å². The largest absolute Gasteiger partial charge is 0.384 e. The molecule has 3 heterocycles. The number of nitrogens with zero attached hydrogens (tertiary/aromatic N) is 4. The SMILES string of the molecule is N#Cc1cccc(-c2ccc3c(c2)C2C(CCN2Cc2cncnc2)CN3)c1. The lowest BCUT2D eigenvalue weighted by Gasteiger charge is -2.35. The van der Waals surface area contributed by atoms with Crippen LogP contribution in [-0.4, -0.2) is 28.0 Å². The summed E-state index contributed by atoms with van der Waals surface area (Å²) < 4.78 is 0. The minimum atomic E-state index is 0.399. The van der Waals surface area contributed by atoms with E-state index in [1.165, 1.54) is 17.7 Å². The zero-order valence-corrected chi connectivity index (χ0v) is 15.5. The molecule has 0 amide bonds. The minimum absolute atomic E-state index is 0.399. The van der Waals surface area contributed by atoms with Crippen LogP contribution in [0.1, 0.15) is 29.2 Å². The van der Waals surface area contributed by atoms with Crippen LogP contribution in [0, 0.1) is 17.2 Å². The summed E-state index contributed by atoms with van der Waals surface area (Å²) in [6.45, 7) is 2.97. The molecular weight excluding hydrogens is 346 g/mol. The van der Waals surface area contributed by atoms with Crippen molar-refractivity contribution in [3.8, 4) is 17.2 Å². The molecule has 1 fully saturated rings. The third-order valence-electron chi connectivity index (χ3n) is 5.88. The van der Waals surface area contributed by atoms with E-state index in [0.29, 0.717) is 17.5 Å². The van der Waals surface area contributed by atoms with E-state index in [1.807, 2.05) is 30.6 Å². The number of aromatic nitrogens is 2. The fourth-order valence-corrected chi connectivity index (χ4v) is 4.57. The maximum Gasteiger partial charge on any atom is 0.115 e. The summed E-state index contributed by atoms with van der Waals surface area (Å²) in [5.41, 5.74) is 6.67. The summed E-state index contributed by atoms with van der Waals surface area (Å²) in [5, 5.41) is 12.8. The standard InChI is InChI=1S/C23H21N5/c24-10-16-2-1-3-18(8-16)19-4-5-22-21(9-19)23-20(13-27-22)6-7-28(23)14-17-11-25-15-26-12-17/h1-5,8-9,11-12,15,20,23,27H,6-7,13-14H2. The van der Waals surface area contributed by atoms with Gasteiger partial charge >= 0.3 is 0 Å². The number of fused-ring (bicyclic) bond motifs is 3. The number of hydrogen-bond acceptors (Lipinski definition) is 5. The number of likely N-dealkylation sites (tertiary alicyclic amines) is 1. The molecule has 0 aliphatic carbocycles. The van der Waals surface area contributed by atoms with Crippen LogP contribution in [0.3, 0.4) is 0 Å². The summed E-state index contributed by atoms with van der Waals surface area (Å²) in [6, 6.07) is 17.1. The van der Waals surface area contributed by atoms with Gasteiger partial charge in [-0.15, -0.1) is 0 Å². The summed E-state index contributed by atoms with van der Waals surface area (Å²) >= 11 is 0. The van der Waals surface area contributed by atoms with Crippen molar-refractivity contribution in [2.24, 2.45) is 5.92 Å². The molecule has 1 saturated heterocycles. The van der Waals surface area contributed by atoms with E-state index in [1.54, 1.807) is 6.33 Å². The molecule has 28 heavy (non-hydrogen) atoms. The van der Waals surface area contributed by atoms with E-state index in [0.717, 1.165) is 36.3 Å². The number of rotatable bonds is 3. The number of hydrogen-bond donors (Lipinski definition) is 1. The van der Waals surface area contributed by atoms with Gasteiger partial charge in [-0.2, -0.15) is 5.26 Å². The Kier molecular flexibility index (Phi) is 4.27. The molecule has 5 rings (SSSR count). The monoisotopic (exact) mass is 367 g/mol. The normalized spacial score (nSPS) is 20.7. The lowest BCUT2D eigenvalue weighted by atomic mass is 9.87. The van der Waals surface area contributed by atoms with Gasteiger partial charge in [0.2, 0.25) is 0 Å². The molecule has 1 aromatic heterocycles. The summed E-state index contributed by atoms with van der Waals surface area (Å²) in [7, 11) is 0. The average molecular weight is 367 g/mol. The van der Waals surface area contributed by atoms with Crippen LogP contribution >= 0.6 is 0 Å². The number of benzene rings is 2. The molecular formula is C23H21N5. The number of nitrogens with one attached hydrogen (secondary N) is 1. The highest BCUT2D eigenvalue weighted by Gasteiger charge is 2.39. The Morgan fingerprint density at radius 3 is 2.82 bits per heavy atom. The molecule has 0 bridgehead atoms. The highest BCUT2D eigenvalue weighted by Crippen LogP contribution is 2.45. The highest BCUT2D eigenvalue weighted by atomic mass is 15.2. The quantitative estimate of drug-likeness (QED) is 0.758. The minimum Gasteiger partial charge on any atom is -0.384 e. The molecule has 2 aromatic carbocycles. The molecule has 138 valence electrons.